The van der Waals surface area contributed by atoms with Crippen LogP contribution in [0.5, 0.6) is 0 Å². The van der Waals surface area contributed by atoms with Crippen molar-refractivity contribution in [3.63, 3.8) is 0 Å². The van der Waals surface area contributed by atoms with Crippen molar-refractivity contribution in [3.8, 4) is 0 Å². The van der Waals surface area contributed by atoms with Gasteiger partial charge in [0.1, 0.15) is 11.4 Å². The molecule has 0 aromatic heterocycles. The molecule has 2 aromatic carbocycles. The molecule has 1 unspecified atom stereocenters. The molecule has 1 saturated carbocycles. The molecule has 2 amide bonds. The van der Waals surface area contributed by atoms with Crippen LogP contribution in [0.1, 0.15) is 38.2 Å². The van der Waals surface area contributed by atoms with Gasteiger partial charge >= 0.3 is 0 Å². The normalized spacial score (nSPS) is 22.5. The molecule has 176 valence electrons. The van der Waals surface area contributed by atoms with Gasteiger partial charge in [0.05, 0.1) is 11.4 Å². The number of carbonyl (C=O) groups excluding carboxylic acids is 2. The fraction of sp³-hybridized carbons (Fsp3) is 0.417. The van der Waals surface area contributed by atoms with Crippen LogP contribution in [0.15, 0.2) is 53.4 Å². The van der Waals surface area contributed by atoms with E-state index in [4.69, 9.17) is 0 Å². The number of hydrogen-bond acceptors (Lipinski definition) is 4. The van der Waals surface area contributed by atoms with E-state index in [9.17, 15) is 22.4 Å². The highest BCUT2D eigenvalue weighted by Crippen LogP contribution is 2.33. The third kappa shape index (κ3) is 4.39. The van der Waals surface area contributed by atoms with E-state index in [0.29, 0.717) is 5.56 Å². The van der Waals surface area contributed by atoms with Crippen LogP contribution in [0.2, 0.25) is 0 Å². The quantitative estimate of drug-likeness (QED) is 0.723. The molecule has 1 aliphatic carbocycles. The van der Waals surface area contributed by atoms with E-state index in [1.165, 1.54) is 23.1 Å². The molecule has 2 aliphatic rings. The van der Waals surface area contributed by atoms with E-state index in [1.54, 1.807) is 44.2 Å². The highest BCUT2D eigenvalue weighted by atomic mass is 32.2. The Balaban J connectivity index is 1.74. The lowest BCUT2D eigenvalue weighted by Gasteiger charge is -2.47. The molecule has 4 rings (SSSR count). The lowest BCUT2D eigenvalue weighted by atomic mass is 9.93. The number of aryl methyl sites for hydroxylation is 1. The van der Waals surface area contributed by atoms with Crippen molar-refractivity contribution in [2.24, 2.45) is 0 Å². The Morgan fingerprint density at radius 1 is 1.12 bits per heavy atom. The lowest BCUT2D eigenvalue weighted by molar-refractivity contribution is -0.133. The van der Waals surface area contributed by atoms with Crippen molar-refractivity contribution >= 4 is 27.5 Å². The largest absolute Gasteiger partial charge is 0.351 e. The van der Waals surface area contributed by atoms with E-state index in [2.05, 4.69) is 5.32 Å². The van der Waals surface area contributed by atoms with Crippen LogP contribution in [-0.2, 0) is 19.6 Å². The van der Waals surface area contributed by atoms with Crippen molar-refractivity contribution in [2.45, 2.75) is 56.0 Å². The maximum absolute atomic E-state index is 14.4. The maximum atomic E-state index is 14.4. The molecule has 1 aliphatic heterocycles. The standard InChI is InChI=1S/C24H28FN3O4S/c1-17-12-13-19(14-21(17)25)28-22(29)15-27(33(31,32)20-10-4-3-5-11-20)16-24(28,2)23(30)26-18-8-6-7-9-18/h3-5,10-14,18H,6-9,15-16H2,1-2H3,(H,26,30). The van der Waals surface area contributed by atoms with Gasteiger partial charge in [-0.1, -0.05) is 37.1 Å². The zero-order valence-electron chi connectivity index (χ0n) is 18.8. The van der Waals surface area contributed by atoms with E-state index in [1.807, 2.05) is 0 Å². The molecule has 0 radical (unpaired) electrons. The highest BCUT2D eigenvalue weighted by Gasteiger charge is 2.51. The molecule has 0 bridgehead atoms. The van der Waals surface area contributed by atoms with Gasteiger partial charge in [0.15, 0.2) is 0 Å². The van der Waals surface area contributed by atoms with Crippen molar-refractivity contribution in [1.29, 1.82) is 0 Å². The minimum absolute atomic E-state index is 0.0258. The van der Waals surface area contributed by atoms with Crippen LogP contribution < -0.4 is 10.2 Å². The summed E-state index contributed by atoms with van der Waals surface area (Å²) in [7, 11) is -4.02. The average Bonchev–Trinajstić information content (AvgIpc) is 3.29. The SMILES string of the molecule is Cc1ccc(N2C(=O)CN(S(=O)(=O)c3ccccc3)CC2(C)C(=O)NC2CCCC2)cc1F. The minimum Gasteiger partial charge on any atom is -0.351 e. The molecule has 7 nitrogen and oxygen atoms in total. The summed E-state index contributed by atoms with van der Waals surface area (Å²) in [5, 5.41) is 3.00. The molecule has 1 heterocycles. The smallest absolute Gasteiger partial charge is 0.247 e. The molecule has 2 fully saturated rings. The topological polar surface area (TPSA) is 86.8 Å². The second-order valence-electron chi connectivity index (χ2n) is 8.98. The number of carbonyl (C=O) groups is 2. The third-order valence-electron chi connectivity index (χ3n) is 6.51. The van der Waals surface area contributed by atoms with E-state index in [0.717, 1.165) is 30.0 Å². The second kappa shape index (κ2) is 8.87. The molecule has 1 saturated heterocycles. The predicted molar refractivity (Wildman–Crippen MR) is 123 cm³/mol. The summed E-state index contributed by atoms with van der Waals surface area (Å²) in [5.41, 5.74) is -0.917. The van der Waals surface area contributed by atoms with E-state index >= 15 is 0 Å². The van der Waals surface area contributed by atoms with Gasteiger partial charge in [-0.15, -0.1) is 0 Å². The number of sulfonamides is 1. The van der Waals surface area contributed by atoms with Crippen LogP contribution in [0.3, 0.4) is 0 Å². The predicted octanol–water partition coefficient (Wildman–Crippen LogP) is 2.99. The molecule has 0 spiro atoms. The minimum atomic E-state index is -4.02. The summed E-state index contributed by atoms with van der Waals surface area (Å²) >= 11 is 0. The number of nitrogens with zero attached hydrogens (tertiary/aromatic N) is 2. The van der Waals surface area contributed by atoms with Crippen LogP contribution >= 0.6 is 0 Å². The first-order chi connectivity index (χ1) is 15.6. The number of rotatable bonds is 5. The van der Waals surface area contributed by atoms with Crippen molar-refractivity contribution in [2.75, 3.05) is 18.0 Å². The monoisotopic (exact) mass is 473 g/mol. The Bertz CT molecular complexity index is 1170. The van der Waals surface area contributed by atoms with Gasteiger partial charge < -0.3 is 5.32 Å². The number of benzene rings is 2. The van der Waals surface area contributed by atoms with Crippen molar-refractivity contribution in [3.05, 3.63) is 59.9 Å². The summed E-state index contributed by atoms with van der Waals surface area (Å²) in [5.74, 6) is -1.54. The van der Waals surface area contributed by atoms with Gasteiger partial charge in [-0.2, -0.15) is 4.31 Å². The Kier molecular flexibility index (Phi) is 6.28. The van der Waals surface area contributed by atoms with Crippen LogP contribution in [0.4, 0.5) is 10.1 Å². The number of anilines is 1. The maximum Gasteiger partial charge on any atom is 0.247 e. The van der Waals surface area contributed by atoms with Crippen LogP contribution in [0, 0.1) is 12.7 Å². The summed E-state index contributed by atoms with van der Waals surface area (Å²) in [6, 6.07) is 12.1. The Labute approximate surface area is 193 Å². The number of hydrogen-bond donors (Lipinski definition) is 1. The lowest BCUT2D eigenvalue weighted by Crippen LogP contribution is -2.70. The van der Waals surface area contributed by atoms with Crippen LogP contribution in [-0.4, -0.2) is 49.2 Å². The Morgan fingerprint density at radius 2 is 1.79 bits per heavy atom. The Hall–Kier alpha value is -2.78. The molecular formula is C24H28FN3O4S. The van der Waals surface area contributed by atoms with Crippen molar-refractivity contribution < 1.29 is 22.4 Å². The first-order valence-corrected chi connectivity index (χ1v) is 12.5. The van der Waals surface area contributed by atoms with Gasteiger partial charge in [-0.3, -0.25) is 14.5 Å². The van der Waals surface area contributed by atoms with E-state index in [-0.39, 0.29) is 23.2 Å². The number of halogens is 1. The molecule has 2 aromatic rings. The number of amides is 2. The number of nitrogens with one attached hydrogen (secondary N) is 1. The summed E-state index contributed by atoms with van der Waals surface area (Å²) < 4.78 is 42.0. The van der Waals surface area contributed by atoms with Gasteiger partial charge in [0, 0.05) is 18.3 Å². The van der Waals surface area contributed by atoms with Gasteiger partial charge in [-0.25, -0.2) is 12.8 Å². The van der Waals surface area contributed by atoms with Crippen LogP contribution in [0.25, 0.3) is 0 Å². The highest BCUT2D eigenvalue weighted by molar-refractivity contribution is 7.89. The summed E-state index contributed by atoms with van der Waals surface area (Å²) in [6.07, 6.45) is 3.67. The van der Waals surface area contributed by atoms with Gasteiger partial charge in [-0.05, 0) is 56.5 Å². The molecule has 1 N–H and O–H groups in total. The fourth-order valence-corrected chi connectivity index (χ4v) is 6.11. The first-order valence-electron chi connectivity index (χ1n) is 11.1. The summed E-state index contributed by atoms with van der Waals surface area (Å²) in [6.45, 7) is 2.46. The molecule has 1 atom stereocenters. The average molecular weight is 474 g/mol. The fourth-order valence-electron chi connectivity index (χ4n) is 4.61. The first kappa shape index (κ1) is 23.4. The van der Waals surface area contributed by atoms with Crippen molar-refractivity contribution in [1.82, 2.24) is 9.62 Å². The zero-order valence-corrected chi connectivity index (χ0v) is 19.6. The Morgan fingerprint density at radius 3 is 2.42 bits per heavy atom. The molecule has 9 heteroatoms. The third-order valence-corrected chi connectivity index (χ3v) is 8.32. The zero-order chi connectivity index (χ0) is 23.8. The van der Waals surface area contributed by atoms with Gasteiger partial charge in [0.2, 0.25) is 21.8 Å². The second-order valence-corrected chi connectivity index (χ2v) is 10.9. The van der Waals surface area contributed by atoms with Gasteiger partial charge in [0.25, 0.3) is 0 Å². The molecule has 33 heavy (non-hydrogen) atoms. The number of piperazine rings is 1. The van der Waals surface area contributed by atoms with E-state index < -0.39 is 39.7 Å². The molecular weight excluding hydrogens is 445 g/mol. The summed E-state index contributed by atoms with van der Waals surface area (Å²) in [4.78, 5) is 28.2.